The summed E-state index contributed by atoms with van der Waals surface area (Å²) in [6, 6.07) is 22.9. The van der Waals surface area contributed by atoms with Crippen LogP contribution in [0.5, 0.6) is 0 Å². The number of piperidine rings is 1. The summed E-state index contributed by atoms with van der Waals surface area (Å²) in [5.41, 5.74) is 4.07. The molecule has 0 bridgehead atoms. The van der Waals surface area contributed by atoms with Gasteiger partial charge in [0.2, 0.25) is 0 Å². The molecule has 1 saturated heterocycles. The summed E-state index contributed by atoms with van der Waals surface area (Å²) < 4.78 is 38.6. The molecule has 1 amide bonds. The quantitative estimate of drug-likeness (QED) is 0.248. The number of hydrogen-bond acceptors (Lipinski definition) is 3. The molecule has 5 rings (SSSR count). The van der Waals surface area contributed by atoms with Gasteiger partial charge in [0, 0.05) is 23.7 Å². The van der Waals surface area contributed by atoms with E-state index in [1.807, 2.05) is 43.5 Å². The normalized spacial score (nSPS) is 15.7. The van der Waals surface area contributed by atoms with Crippen LogP contribution < -0.4 is 5.32 Å². The fraction of sp³-hybridized carbons (Fsp3) is 0.333. The van der Waals surface area contributed by atoms with E-state index in [2.05, 4.69) is 39.5 Å². The predicted molar refractivity (Wildman–Crippen MR) is 152 cm³/mol. The van der Waals surface area contributed by atoms with Crippen molar-refractivity contribution in [3.8, 4) is 0 Å². The molecule has 208 valence electrons. The second kappa shape index (κ2) is 12.2. The van der Waals surface area contributed by atoms with E-state index in [-0.39, 0.29) is 11.9 Å². The van der Waals surface area contributed by atoms with Crippen LogP contribution >= 0.6 is 0 Å². The Morgan fingerprint density at radius 1 is 0.975 bits per heavy atom. The standard InChI is InChI=1S/C33H34F3N3O/c1-2-30(26-10-12-29(13-11-26)33(34,35)36)38-32(40)27-8-5-23(6-9-27)20-24-15-18-39(19-16-24)22-25-7-14-31-28(21-25)4-3-17-37-31/h3-14,17,21,24,30H,2,15-16,18-20,22H2,1H3,(H,38,40)/t30-/m1/s1. The second-order valence-electron chi connectivity index (χ2n) is 10.7. The lowest BCUT2D eigenvalue weighted by atomic mass is 9.89. The van der Waals surface area contributed by atoms with E-state index in [9.17, 15) is 18.0 Å². The molecule has 1 N–H and O–H groups in total. The number of fused-ring (bicyclic) bond motifs is 1. The van der Waals surface area contributed by atoms with Gasteiger partial charge in [-0.2, -0.15) is 13.2 Å². The molecule has 40 heavy (non-hydrogen) atoms. The van der Waals surface area contributed by atoms with Crippen LogP contribution in [0.3, 0.4) is 0 Å². The summed E-state index contributed by atoms with van der Waals surface area (Å²) >= 11 is 0. The second-order valence-corrected chi connectivity index (χ2v) is 10.7. The van der Waals surface area contributed by atoms with Crippen molar-refractivity contribution in [2.24, 2.45) is 5.92 Å². The monoisotopic (exact) mass is 545 g/mol. The minimum Gasteiger partial charge on any atom is -0.345 e. The number of nitrogens with zero attached hydrogens (tertiary/aromatic N) is 2. The van der Waals surface area contributed by atoms with E-state index in [1.54, 1.807) is 0 Å². The molecule has 0 radical (unpaired) electrons. The van der Waals surface area contributed by atoms with Gasteiger partial charge in [0.25, 0.3) is 5.91 Å². The first-order chi connectivity index (χ1) is 19.3. The number of rotatable bonds is 8. The van der Waals surface area contributed by atoms with E-state index < -0.39 is 11.7 Å². The smallest absolute Gasteiger partial charge is 0.345 e. The summed E-state index contributed by atoms with van der Waals surface area (Å²) in [6.45, 7) is 4.99. The lowest BCUT2D eigenvalue weighted by Crippen LogP contribution is -2.33. The molecule has 1 fully saturated rings. The van der Waals surface area contributed by atoms with Gasteiger partial charge in [-0.25, -0.2) is 0 Å². The Bertz CT molecular complexity index is 1430. The van der Waals surface area contributed by atoms with Gasteiger partial charge in [-0.3, -0.25) is 14.7 Å². The zero-order valence-corrected chi connectivity index (χ0v) is 22.6. The van der Waals surface area contributed by atoms with Crippen LogP contribution in [0.25, 0.3) is 10.9 Å². The summed E-state index contributed by atoms with van der Waals surface area (Å²) in [5.74, 6) is 0.386. The number of halogens is 3. The predicted octanol–water partition coefficient (Wildman–Crippen LogP) is 7.59. The first-order valence-electron chi connectivity index (χ1n) is 13.9. The molecule has 2 heterocycles. The first-order valence-corrected chi connectivity index (χ1v) is 13.9. The van der Waals surface area contributed by atoms with Crippen LogP contribution in [-0.4, -0.2) is 28.9 Å². The Labute approximate surface area is 233 Å². The van der Waals surface area contributed by atoms with Crippen molar-refractivity contribution >= 4 is 16.8 Å². The molecular formula is C33H34F3N3O. The lowest BCUT2D eigenvalue weighted by molar-refractivity contribution is -0.137. The minimum atomic E-state index is -4.38. The highest BCUT2D eigenvalue weighted by atomic mass is 19.4. The summed E-state index contributed by atoms with van der Waals surface area (Å²) in [4.78, 5) is 19.8. The van der Waals surface area contributed by atoms with Gasteiger partial charge in [0.15, 0.2) is 0 Å². The van der Waals surface area contributed by atoms with Crippen molar-refractivity contribution in [3.63, 3.8) is 0 Å². The third-order valence-electron chi connectivity index (χ3n) is 7.88. The largest absolute Gasteiger partial charge is 0.416 e. The Kier molecular flexibility index (Phi) is 8.50. The Balaban J connectivity index is 1.11. The molecule has 3 aromatic carbocycles. The third-order valence-corrected chi connectivity index (χ3v) is 7.88. The average Bonchev–Trinajstić information content (AvgIpc) is 2.97. The summed E-state index contributed by atoms with van der Waals surface area (Å²) in [5, 5.41) is 4.14. The van der Waals surface area contributed by atoms with Crippen LogP contribution in [0.1, 0.15) is 64.8 Å². The van der Waals surface area contributed by atoms with Gasteiger partial charge in [0.05, 0.1) is 17.1 Å². The number of amides is 1. The number of hydrogen-bond donors (Lipinski definition) is 1. The van der Waals surface area contributed by atoms with E-state index in [0.29, 0.717) is 23.5 Å². The number of alkyl halides is 3. The van der Waals surface area contributed by atoms with Gasteiger partial charge < -0.3 is 5.32 Å². The molecule has 1 aliphatic heterocycles. The van der Waals surface area contributed by atoms with E-state index in [4.69, 9.17) is 0 Å². The topological polar surface area (TPSA) is 45.2 Å². The van der Waals surface area contributed by atoms with E-state index >= 15 is 0 Å². The molecule has 7 heteroatoms. The van der Waals surface area contributed by atoms with Gasteiger partial charge in [-0.05, 0) is 104 Å². The van der Waals surface area contributed by atoms with Gasteiger partial charge in [-0.1, -0.05) is 43.3 Å². The van der Waals surface area contributed by atoms with Crippen molar-refractivity contribution in [2.45, 2.75) is 51.4 Å². The van der Waals surface area contributed by atoms with Crippen LogP contribution in [0, 0.1) is 5.92 Å². The first kappa shape index (κ1) is 27.8. The molecular weight excluding hydrogens is 511 g/mol. The molecule has 1 aromatic heterocycles. The molecule has 0 unspecified atom stereocenters. The molecule has 0 saturated carbocycles. The maximum atomic E-state index is 12.9. The van der Waals surface area contributed by atoms with Crippen molar-refractivity contribution in [1.29, 1.82) is 0 Å². The number of nitrogens with one attached hydrogen (secondary N) is 1. The maximum Gasteiger partial charge on any atom is 0.416 e. The van der Waals surface area contributed by atoms with Gasteiger partial charge in [0.1, 0.15) is 0 Å². The Morgan fingerprint density at radius 2 is 1.68 bits per heavy atom. The number of carbonyl (C=O) groups is 1. The highest BCUT2D eigenvalue weighted by Crippen LogP contribution is 2.30. The highest BCUT2D eigenvalue weighted by molar-refractivity contribution is 5.94. The molecule has 0 spiro atoms. The van der Waals surface area contributed by atoms with E-state index in [0.717, 1.165) is 56.5 Å². The Morgan fingerprint density at radius 3 is 2.35 bits per heavy atom. The zero-order valence-electron chi connectivity index (χ0n) is 22.6. The molecule has 1 atom stereocenters. The number of carbonyl (C=O) groups excluding carboxylic acids is 1. The SMILES string of the molecule is CC[C@@H](NC(=O)c1ccc(CC2CCN(Cc3ccc4ncccc4c3)CC2)cc1)c1ccc(C(F)(F)F)cc1. The van der Waals surface area contributed by atoms with Crippen LogP contribution in [0.2, 0.25) is 0 Å². The fourth-order valence-electron chi connectivity index (χ4n) is 5.52. The zero-order chi connectivity index (χ0) is 28.1. The highest BCUT2D eigenvalue weighted by Gasteiger charge is 2.30. The van der Waals surface area contributed by atoms with Crippen LogP contribution in [0.15, 0.2) is 85.1 Å². The average molecular weight is 546 g/mol. The van der Waals surface area contributed by atoms with Gasteiger partial charge >= 0.3 is 6.18 Å². The van der Waals surface area contributed by atoms with E-state index in [1.165, 1.54) is 28.6 Å². The van der Waals surface area contributed by atoms with Crippen molar-refractivity contribution < 1.29 is 18.0 Å². The van der Waals surface area contributed by atoms with Crippen molar-refractivity contribution in [1.82, 2.24) is 15.2 Å². The molecule has 1 aliphatic rings. The van der Waals surface area contributed by atoms with Crippen LogP contribution in [0.4, 0.5) is 13.2 Å². The summed E-state index contributed by atoms with van der Waals surface area (Å²) in [7, 11) is 0. The summed E-state index contributed by atoms with van der Waals surface area (Å²) in [6.07, 6.45) is 1.29. The number of aromatic nitrogens is 1. The molecule has 4 aromatic rings. The number of likely N-dealkylation sites (tertiary alicyclic amines) is 1. The van der Waals surface area contributed by atoms with Crippen molar-refractivity contribution in [2.75, 3.05) is 13.1 Å². The Hall–Kier alpha value is -3.71. The fourth-order valence-corrected chi connectivity index (χ4v) is 5.52. The van der Waals surface area contributed by atoms with Crippen molar-refractivity contribution in [3.05, 3.63) is 113 Å². The molecule has 4 nitrogen and oxygen atoms in total. The molecule has 0 aliphatic carbocycles. The van der Waals surface area contributed by atoms with Crippen LogP contribution in [-0.2, 0) is 19.1 Å². The maximum absolute atomic E-state index is 12.9. The number of pyridine rings is 1. The third kappa shape index (κ3) is 6.89. The van der Waals surface area contributed by atoms with Gasteiger partial charge in [-0.15, -0.1) is 0 Å². The minimum absolute atomic E-state index is 0.226. The number of benzene rings is 3. The lowest BCUT2D eigenvalue weighted by Gasteiger charge is -2.32.